The minimum atomic E-state index is -0.689. The second kappa shape index (κ2) is 6.27. The van der Waals surface area contributed by atoms with Gasteiger partial charge in [0.2, 0.25) is 0 Å². The Labute approximate surface area is 137 Å². The van der Waals surface area contributed by atoms with E-state index in [0.29, 0.717) is 17.7 Å². The number of carbonyl (C=O) groups excluding carboxylic acids is 1. The van der Waals surface area contributed by atoms with Crippen LogP contribution in [-0.4, -0.2) is 16.9 Å². The third kappa shape index (κ3) is 2.80. The van der Waals surface area contributed by atoms with E-state index in [1.54, 1.807) is 25.1 Å². The van der Waals surface area contributed by atoms with Crippen LogP contribution < -0.4 is 9.64 Å². The van der Waals surface area contributed by atoms with Gasteiger partial charge in [-0.1, -0.05) is 25.1 Å². The molecule has 24 heavy (non-hydrogen) atoms. The summed E-state index contributed by atoms with van der Waals surface area (Å²) >= 11 is 0. The van der Waals surface area contributed by atoms with Crippen LogP contribution in [-0.2, 0) is 11.3 Å². The molecule has 0 radical (unpaired) electrons. The largest absolute Gasteiger partial charge is 0.478 e. The molecule has 0 aliphatic carbocycles. The van der Waals surface area contributed by atoms with Crippen molar-refractivity contribution >= 4 is 17.3 Å². The number of rotatable bonds is 4. The van der Waals surface area contributed by atoms with Crippen LogP contribution in [0.25, 0.3) is 0 Å². The van der Waals surface area contributed by atoms with Gasteiger partial charge in [-0.2, -0.15) is 0 Å². The zero-order valence-corrected chi connectivity index (χ0v) is 12.9. The Bertz CT molecular complexity index is 809. The molecule has 7 heteroatoms. The number of hydrogen-bond acceptors (Lipinski definition) is 4. The van der Waals surface area contributed by atoms with E-state index in [4.69, 9.17) is 4.74 Å². The van der Waals surface area contributed by atoms with E-state index >= 15 is 0 Å². The first kappa shape index (κ1) is 15.9. The van der Waals surface area contributed by atoms with E-state index < -0.39 is 16.8 Å². The number of benzene rings is 2. The molecule has 1 unspecified atom stereocenters. The van der Waals surface area contributed by atoms with E-state index in [-0.39, 0.29) is 23.8 Å². The van der Waals surface area contributed by atoms with Crippen LogP contribution in [0.1, 0.15) is 18.9 Å². The maximum absolute atomic E-state index is 14.0. The molecule has 1 atom stereocenters. The van der Waals surface area contributed by atoms with E-state index in [1.807, 2.05) is 0 Å². The molecule has 2 aromatic carbocycles. The number of non-ortho nitro benzene ring substituents is 1. The third-order valence-corrected chi connectivity index (χ3v) is 3.91. The lowest BCUT2D eigenvalue weighted by Gasteiger charge is -2.34. The van der Waals surface area contributed by atoms with Crippen LogP contribution in [0.5, 0.6) is 5.75 Å². The van der Waals surface area contributed by atoms with Crippen LogP contribution in [0.2, 0.25) is 0 Å². The van der Waals surface area contributed by atoms with Crippen molar-refractivity contribution in [3.05, 3.63) is 64.0 Å². The maximum Gasteiger partial charge on any atom is 0.271 e. The number of nitrogens with zero attached hydrogens (tertiary/aromatic N) is 2. The summed E-state index contributed by atoms with van der Waals surface area (Å²) in [5.74, 6) is -0.394. The van der Waals surface area contributed by atoms with E-state index in [0.717, 1.165) is 0 Å². The van der Waals surface area contributed by atoms with Gasteiger partial charge in [0, 0.05) is 17.7 Å². The Morgan fingerprint density at radius 2 is 2.04 bits per heavy atom. The highest BCUT2D eigenvalue weighted by molar-refractivity contribution is 6.00. The molecule has 124 valence electrons. The highest BCUT2D eigenvalue weighted by atomic mass is 19.1. The van der Waals surface area contributed by atoms with Gasteiger partial charge in [-0.3, -0.25) is 14.9 Å². The Morgan fingerprint density at radius 1 is 1.29 bits per heavy atom. The summed E-state index contributed by atoms with van der Waals surface area (Å²) in [6.45, 7) is 1.79. The average Bonchev–Trinajstić information content (AvgIpc) is 2.58. The number of carbonyl (C=O) groups is 1. The number of fused-ring (bicyclic) bond motifs is 1. The zero-order chi connectivity index (χ0) is 17.3. The van der Waals surface area contributed by atoms with Crippen LogP contribution in [0, 0.1) is 15.9 Å². The number of anilines is 1. The molecule has 0 spiro atoms. The first-order valence-corrected chi connectivity index (χ1v) is 7.51. The second-order valence-corrected chi connectivity index (χ2v) is 5.44. The smallest absolute Gasteiger partial charge is 0.271 e. The molecule has 1 amide bonds. The summed E-state index contributed by atoms with van der Waals surface area (Å²) in [6, 6.07) is 10.2. The molecule has 0 fully saturated rings. The molecule has 0 saturated heterocycles. The van der Waals surface area contributed by atoms with Crippen molar-refractivity contribution < 1.29 is 18.8 Å². The molecule has 1 heterocycles. The molecule has 1 aliphatic rings. The summed E-state index contributed by atoms with van der Waals surface area (Å²) in [5.41, 5.74) is 0.459. The molecule has 0 saturated carbocycles. The fraction of sp³-hybridized carbons (Fsp3) is 0.235. The molecule has 1 aliphatic heterocycles. The van der Waals surface area contributed by atoms with E-state index in [9.17, 15) is 19.3 Å². The van der Waals surface area contributed by atoms with Crippen molar-refractivity contribution in [3.8, 4) is 5.75 Å². The van der Waals surface area contributed by atoms with Gasteiger partial charge in [0.05, 0.1) is 17.2 Å². The molecular weight excluding hydrogens is 315 g/mol. The zero-order valence-electron chi connectivity index (χ0n) is 12.9. The first-order valence-electron chi connectivity index (χ1n) is 7.51. The van der Waals surface area contributed by atoms with Crippen molar-refractivity contribution in [3.63, 3.8) is 0 Å². The summed E-state index contributed by atoms with van der Waals surface area (Å²) in [4.78, 5) is 24.4. The minimum absolute atomic E-state index is 0.0144. The highest BCUT2D eigenvalue weighted by Gasteiger charge is 2.34. The van der Waals surface area contributed by atoms with Crippen molar-refractivity contribution in [1.82, 2.24) is 0 Å². The monoisotopic (exact) mass is 330 g/mol. The van der Waals surface area contributed by atoms with Crippen molar-refractivity contribution in [1.29, 1.82) is 0 Å². The second-order valence-electron chi connectivity index (χ2n) is 5.44. The predicted molar refractivity (Wildman–Crippen MR) is 85.4 cm³/mol. The van der Waals surface area contributed by atoms with Gasteiger partial charge in [0.15, 0.2) is 6.10 Å². The number of amides is 1. The molecule has 6 nitrogen and oxygen atoms in total. The lowest BCUT2D eigenvalue weighted by Crippen LogP contribution is -2.45. The number of nitro benzene ring substituents is 1. The summed E-state index contributed by atoms with van der Waals surface area (Å²) < 4.78 is 19.6. The standard InChI is InChI=1S/C17H15FN2O4/c1-2-15-17(21)19(10-11-5-3-4-6-13(11)18)14-9-12(20(22)23)7-8-16(14)24-15/h3-9,15H,2,10H2,1H3. The number of ether oxygens (including phenoxy) is 1. The van der Waals surface area contributed by atoms with Gasteiger partial charge in [-0.25, -0.2) is 4.39 Å². The molecule has 3 rings (SSSR count). The number of nitro groups is 1. The third-order valence-electron chi connectivity index (χ3n) is 3.91. The van der Waals surface area contributed by atoms with Gasteiger partial charge in [0.1, 0.15) is 11.6 Å². The molecular formula is C17H15FN2O4. The van der Waals surface area contributed by atoms with Crippen molar-refractivity contribution in [2.45, 2.75) is 26.0 Å². The molecule has 0 bridgehead atoms. The Kier molecular flexibility index (Phi) is 4.16. The first-order chi connectivity index (χ1) is 11.5. The normalized spacial score (nSPS) is 16.5. The highest BCUT2D eigenvalue weighted by Crippen LogP contribution is 2.38. The number of halogens is 1. The maximum atomic E-state index is 14.0. The van der Waals surface area contributed by atoms with Crippen LogP contribution in [0.15, 0.2) is 42.5 Å². The summed E-state index contributed by atoms with van der Waals surface area (Å²) in [5, 5.41) is 11.0. The van der Waals surface area contributed by atoms with Gasteiger partial charge in [0.25, 0.3) is 11.6 Å². The van der Waals surface area contributed by atoms with E-state index in [1.165, 1.54) is 29.2 Å². The van der Waals surface area contributed by atoms with Gasteiger partial charge in [-0.15, -0.1) is 0 Å². The quantitative estimate of drug-likeness (QED) is 0.636. The predicted octanol–water partition coefficient (Wildman–Crippen LogP) is 3.44. The molecule has 0 N–H and O–H groups in total. The SMILES string of the molecule is CCC1Oc2ccc([N+](=O)[O-])cc2N(Cc2ccccc2F)C1=O. The minimum Gasteiger partial charge on any atom is -0.478 e. The Balaban J connectivity index is 2.06. The summed E-state index contributed by atoms with van der Waals surface area (Å²) in [6.07, 6.45) is -0.242. The fourth-order valence-electron chi connectivity index (χ4n) is 2.64. The lowest BCUT2D eigenvalue weighted by atomic mass is 10.1. The topological polar surface area (TPSA) is 72.7 Å². The van der Waals surface area contributed by atoms with Gasteiger partial charge in [-0.05, 0) is 18.6 Å². The van der Waals surface area contributed by atoms with Crippen LogP contribution >= 0.6 is 0 Å². The van der Waals surface area contributed by atoms with Gasteiger partial charge >= 0.3 is 0 Å². The molecule has 2 aromatic rings. The van der Waals surface area contributed by atoms with Crippen molar-refractivity contribution in [2.75, 3.05) is 4.90 Å². The van der Waals surface area contributed by atoms with Crippen LogP contribution in [0.3, 0.4) is 0 Å². The average molecular weight is 330 g/mol. The Hall–Kier alpha value is -2.96. The van der Waals surface area contributed by atoms with E-state index in [2.05, 4.69) is 0 Å². The summed E-state index contributed by atoms with van der Waals surface area (Å²) in [7, 11) is 0. The van der Waals surface area contributed by atoms with Crippen molar-refractivity contribution in [2.24, 2.45) is 0 Å². The fourth-order valence-corrected chi connectivity index (χ4v) is 2.64. The van der Waals surface area contributed by atoms with Crippen LogP contribution in [0.4, 0.5) is 15.8 Å². The molecule has 0 aromatic heterocycles. The lowest BCUT2D eigenvalue weighted by molar-refractivity contribution is -0.384. The Morgan fingerprint density at radius 3 is 2.71 bits per heavy atom. The number of hydrogen-bond donors (Lipinski definition) is 0. The van der Waals surface area contributed by atoms with Gasteiger partial charge < -0.3 is 9.64 Å².